The van der Waals surface area contributed by atoms with E-state index in [9.17, 15) is 0 Å². The van der Waals surface area contributed by atoms with Crippen molar-refractivity contribution in [1.82, 2.24) is 0 Å². The van der Waals surface area contributed by atoms with Crippen molar-refractivity contribution in [2.24, 2.45) is 5.92 Å². The molecule has 0 N–H and O–H groups in total. The fourth-order valence-electron chi connectivity index (χ4n) is 1.68. The highest BCUT2D eigenvalue weighted by Crippen LogP contribution is 2.17. The van der Waals surface area contributed by atoms with Gasteiger partial charge < -0.3 is 4.74 Å². The Morgan fingerprint density at radius 1 is 1.24 bits per heavy atom. The summed E-state index contributed by atoms with van der Waals surface area (Å²) in [6.45, 7) is 3.80. The Bertz CT molecular complexity index is 300. The highest BCUT2D eigenvalue weighted by Gasteiger charge is 2.08. The van der Waals surface area contributed by atoms with E-state index in [1.807, 2.05) is 0 Å². The molecule has 0 aromatic heterocycles. The number of halogens is 2. The number of ether oxygens (including phenoxy) is 1. The molecule has 1 atom stereocenters. The quantitative estimate of drug-likeness (QED) is 0.500. The molecule has 0 aliphatic carbocycles. The molecule has 1 rings (SSSR count). The Morgan fingerprint density at radius 3 is 2.53 bits per heavy atom. The van der Waals surface area contributed by atoms with Crippen LogP contribution in [0.4, 0.5) is 0 Å². The van der Waals surface area contributed by atoms with E-state index < -0.39 is 0 Å². The molecular weight excluding hydrogens is 300 g/mol. The molecule has 17 heavy (non-hydrogen) atoms. The summed E-state index contributed by atoms with van der Waals surface area (Å²) in [4.78, 5) is 0. The summed E-state index contributed by atoms with van der Waals surface area (Å²) in [5, 5.41) is 0. The van der Waals surface area contributed by atoms with Crippen LogP contribution in [0, 0.1) is 5.92 Å². The van der Waals surface area contributed by atoms with Crippen molar-refractivity contribution < 1.29 is 4.74 Å². The molecule has 1 aromatic rings. The maximum absolute atomic E-state index is 6.00. The molecule has 0 spiro atoms. The lowest BCUT2D eigenvalue weighted by Crippen LogP contribution is -2.10. The van der Waals surface area contributed by atoms with Crippen LogP contribution in [0.25, 0.3) is 0 Å². The summed E-state index contributed by atoms with van der Waals surface area (Å²) < 4.78 is 6.63. The van der Waals surface area contributed by atoms with Gasteiger partial charge in [-0.3, -0.25) is 0 Å². The molecule has 0 radical (unpaired) electrons. The minimum atomic E-state index is 0.509. The number of hydrogen-bond donors (Lipinski definition) is 0. The van der Waals surface area contributed by atoms with Crippen LogP contribution in [0.5, 0.6) is 0 Å². The first-order chi connectivity index (χ1) is 8.26. The van der Waals surface area contributed by atoms with E-state index in [4.69, 9.17) is 16.3 Å². The van der Waals surface area contributed by atoms with Crippen molar-refractivity contribution >= 4 is 27.5 Å². The first-order valence-electron chi connectivity index (χ1n) is 6.14. The number of benzene rings is 1. The van der Waals surface area contributed by atoms with Crippen molar-refractivity contribution in [1.29, 1.82) is 0 Å². The maximum atomic E-state index is 6.00. The van der Waals surface area contributed by atoms with Gasteiger partial charge in [0.1, 0.15) is 0 Å². The van der Waals surface area contributed by atoms with Crippen molar-refractivity contribution in [2.45, 2.75) is 26.2 Å². The van der Waals surface area contributed by atoms with Crippen LogP contribution in [-0.2, 0) is 11.2 Å². The predicted octanol–water partition coefficient (Wildman–Crippen LogP) is 4.66. The third-order valence-corrected chi connectivity index (χ3v) is 3.64. The van der Waals surface area contributed by atoms with E-state index in [0.29, 0.717) is 11.8 Å². The van der Waals surface area contributed by atoms with Crippen molar-refractivity contribution in [3.05, 3.63) is 34.3 Å². The smallest absolute Gasteiger partial charge is 0.0469 e. The van der Waals surface area contributed by atoms with E-state index in [0.717, 1.165) is 36.9 Å². The molecule has 1 nitrogen and oxygen atoms in total. The fraction of sp³-hybridized carbons (Fsp3) is 0.571. The zero-order valence-corrected chi connectivity index (χ0v) is 12.6. The van der Waals surface area contributed by atoms with E-state index in [-0.39, 0.29) is 0 Å². The van der Waals surface area contributed by atoms with Crippen molar-refractivity contribution in [3.8, 4) is 0 Å². The van der Waals surface area contributed by atoms with E-state index in [1.54, 1.807) is 0 Å². The van der Waals surface area contributed by atoms with Gasteiger partial charge in [0.2, 0.25) is 0 Å². The molecule has 96 valence electrons. The zero-order chi connectivity index (χ0) is 12.5. The van der Waals surface area contributed by atoms with E-state index in [2.05, 4.69) is 47.1 Å². The van der Waals surface area contributed by atoms with Crippen LogP contribution in [0.1, 0.15) is 25.3 Å². The van der Waals surface area contributed by atoms with Gasteiger partial charge >= 0.3 is 0 Å². The normalized spacial score (nSPS) is 12.6. The molecule has 1 aromatic carbocycles. The number of rotatable bonds is 8. The van der Waals surface area contributed by atoms with Crippen molar-refractivity contribution in [2.75, 3.05) is 19.1 Å². The molecule has 0 saturated heterocycles. The fourth-order valence-corrected chi connectivity index (χ4v) is 2.21. The Morgan fingerprint density at radius 2 is 1.94 bits per heavy atom. The van der Waals surface area contributed by atoms with Gasteiger partial charge in [0.25, 0.3) is 0 Å². The Balaban J connectivity index is 2.33. The Hall–Kier alpha value is -0.0500. The second kappa shape index (κ2) is 8.96. The summed E-state index contributed by atoms with van der Waals surface area (Å²) in [6.07, 6.45) is 3.16. The monoisotopic (exact) mass is 318 g/mol. The average molecular weight is 320 g/mol. The molecule has 0 aliphatic rings. The highest BCUT2D eigenvalue weighted by molar-refractivity contribution is 9.10. The minimum absolute atomic E-state index is 0.509. The molecule has 0 amide bonds. The third-order valence-electron chi connectivity index (χ3n) is 2.67. The maximum Gasteiger partial charge on any atom is 0.0469 e. The molecule has 0 bridgehead atoms. The molecule has 0 heterocycles. The van der Waals surface area contributed by atoms with Gasteiger partial charge in [-0.1, -0.05) is 35.0 Å². The van der Waals surface area contributed by atoms with Crippen LogP contribution in [-0.4, -0.2) is 19.1 Å². The highest BCUT2D eigenvalue weighted by atomic mass is 79.9. The van der Waals surface area contributed by atoms with E-state index in [1.165, 1.54) is 5.56 Å². The van der Waals surface area contributed by atoms with Gasteiger partial charge in [-0.2, -0.15) is 0 Å². The number of alkyl halides is 1. The van der Waals surface area contributed by atoms with Gasteiger partial charge in [0.05, 0.1) is 0 Å². The average Bonchev–Trinajstić information content (AvgIpc) is 2.35. The third kappa shape index (κ3) is 6.44. The minimum Gasteiger partial charge on any atom is -0.381 e. The summed E-state index contributed by atoms with van der Waals surface area (Å²) in [5.41, 5.74) is 1.34. The van der Waals surface area contributed by atoms with Gasteiger partial charge in [-0.05, 0) is 42.9 Å². The molecule has 0 aliphatic heterocycles. The second-order valence-electron chi connectivity index (χ2n) is 4.25. The van der Waals surface area contributed by atoms with Crippen molar-refractivity contribution in [3.63, 3.8) is 0 Å². The van der Waals surface area contributed by atoms with Crippen LogP contribution >= 0.6 is 27.5 Å². The van der Waals surface area contributed by atoms with E-state index >= 15 is 0 Å². The number of hydrogen-bond acceptors (Lipinski definition) is 1. The van der Waals surface area contributed by atoms with Gasteiger partial charge in [-0.25, -0.2) is 0 Å². The second-order valence-corrected chi connectivity index (χ2v) is 5.48. The lowest BCUT2D eigenvalue weighted by Gasteiger charge is -2.14. The summed E-state index contributed by atoms with van der Waals surface area (Å²) in [5.74, 6) is 1.21. The van der Waals surface area contributed by atoms with Gasteiger partial charge in [-0.15, -0.1) is 11.6 Å². The molecule has 1 unspecified atom stereocenters. The standard InChI is InChI=1S/C14H20BrClO/c1-2-8-17-9-7-13(11-16)10-12-3-5-14(15)6-4-12/h3-6,13H,2,7-11H2,1H3. The molecule has 3 heteroatoms. The summed E-state index contributed by atoms with van der Waals surface area (Å²) in [7, 11) is 0. The molecule has 0 fully saturated rings. The van der Waals surface area contributed by atoms with Crippen LogP contribution in [0.3, 0.4) is 0 Å². The first kappa shape index (κ1) is 15.0. The van der Waals surface area contributed by atoms with Crippen LogP contribution < -0.4 is 0 Å². The lowest BCUT2D eigenvalue weighted by molar-refractivity contribution is 0.122. The Kier molecular flexibility index (Phi) is 7.91. The molecular formula is C14H20BrClO. The largest absolute Gasteiger partial charge is 0.381 e. The Labute approximate surface area is 118 Å². The van der Waals surface area contributed by atoms with Crippen LogP contribution in [0.15, 0.2) is 28.7 Å². The summed E-state index contributed by atoms with van der Waals surface area (Å²) in [6, 6.07) is 8.45. The zero-order valence-electron chi connectivity index (χ0n) is 10.3. The van der Waals surface area contributed by atoms with Gasteiger partial charge in [0, 0.05) is 23.6 Å². The predicted molar refractivity (Wildman–Crippen MR) is 77.8 cm³/mol. The SMILES string of the molecule is CCCOCCC(CCl)Cc1ccc(Br)cc1. The molecule has 0 saturated carbocycles. The summed E-state index contributed by atoms with van der Waals surface area (Å²) >= 11 is 9.44. The topological polar surface area (TPSA) is 9.23 Å². The van der Waals surface area contributed by atoms with Crippen LogP contribution in [0.2, 0.25) is 0 Å². The van der Waals surface area contributed by atoms with Gasteiger partial charge in [0.15, 0.2) is 0 Å². The first-order valence-corrected chi connectivity index (χ1v) is 7.47. The lowest BCUT2D eigenvalue weighted by atomic mass is 9.98.